The second-order valence-electron chi connectivity index (χ2n) is 6.76. The first-order chi connectivity index (χ1) is 13.5. The topological polar surface area (TPSA) is 56.8 Å². The van der Waals surface area contributed by atoms with Crippen molar-refractivity contribution in [3.63, 3.8) is 0 Å². The molecule has 0 radical (unpaired) electrons. The van der Waals surface area contributed by atoms with Gasteiger partial charge >= 0.3 is 0 Å². The lowest BCUT2D eigenvalue weighted by Gasteiger charge is -2.23. The molecule has 0 saturated heterocycles. The van der Waals surface area contributed by atoms with E-state index in [0.717, 1.165) is 16.9 Å². The van der Waals surface area contributed by atoms with Crippen LogP contribution >= 0.6 is 0 Å². The highest BCUT2D eigenvalue weighted by Gasteiger charge is 2.19. The third-order valence-electron chi connectivity index (χ3n) is 4.36. The first-order valence-corrected chi connectivity index (χ1v) is 9.35. The zero-order chi connectivity index (χ0) is 20.5. The highest BCUT2D eigenvalue weighted by molar-refractivity contribution is 5.78. The Hall–Kier alpha value is -2.95. The second-order valence-corrected chi connectivity index (χ2v) is 6.76. The molecule has 0 aromatic heterocycles. The monoisotopic (exact) mass is 383 g/mol. The molecule has 5 heteroatoms. The lowest BCUT2D eigenvalue weighted by molar-refractivity contribution is -0.124. The Morgan fingerprint density at radius 3 is 2.32 bits per heavy atom. The zero-order valence-electron chi connectivity index (χ0n) is 17.2. The Balaban J connectivity index is 2.03. The van der Waals surface area contributed by atoms with Crippen LogP contribution in [0.4, 0.5) is 0 Å². The summed E-state index contributed by atoms with van der Waals surface area (Å²) in [6, 6.07) is 13.2. The Kier molecular flexibility index (Phi) is 7.93. The lowest BCUT2D eigenvalue weighted by atomic mass is 9.96. The summed E-state index contributed by atoms with van der Waals surface area (Å²) < 4.78 is 16.3. The van der Waals surface area contributed by atoms with Crippen molar-refractivity contribution in [3.8, 4) is 17.2 Å². The highest BCUT2D eigenvalue weighted by Crippen LogP contribution is 2.29. The van der Waals surface area contributed by atoms with E-state index in [-0.39, 0.29) is 24.5 Å². The van der Waals surface area contributed by atoms with E-state index in [2.05, 4.69) is 19.2 Å². The van der Waals surface area contributed by atoms with Gasteiger partial charge in [-0.05, 0) is 48.2 Å². The van der Waals surface area contributed by atoms with Crippen molar-refractivity contribution >= 4 is 12.0 Å². The van der Waals surface area contributed by atoms with Gasteiger partial charge in [-0.15, -0.1) is 0 Å². The van der Waals surface area contributed by atoms with Crippen LogP contribution in [0, 0.1) is 5.92 Å². The number of amides is 1. The minimum atomic E-state index is -0.186. The Bertz CT molecular complexity index is 797. The summed E-state index contributed by atoms with van der Waals surface area (Å²) in [6.45, 7) is 6.01. The predicted octanol–water partition coefficient (Wildman–Crippen LogP) is 4.63. The average Bonchev–Trinajstić information content (AvgIpc) is 2.71. The zero-order valence-corrected chi connectivity index (χ0v) is 17.2. The van der Waals surface area contributed by atoms with Gasteiger partial charge in [0.2, 0.25) is 0 Å². The molecule has 0 spiro atoms. The molecule has 0 aliphatic carbocycles. The smallest absolute Gasteiger partial charge is 0.258 e. The normalized spacial score (nSPS) is 12.1. The largest absolute Gasteiger partial charge is 0.497 e. The van der Waals surface area contributed by atoms with Crippen LogP contribution in [0.1, 0.15) is 37.9 Å². The first-order valence-electron chi connectivity index (χ1n) is 9.35. The van der Waals surface area contributed by atoms with Crippen molar-refractivity contribution in [3.05, 3.63) is 59.7 Å². The van der Waals surface area contributed by atoms with Gasteiger partial charge in [-0.2, -0.15) is 0 Å². The van der Waals surface area contributed by atoms with E-state index in [0.29, 0.717) is 11.5 Å². The molecule has 0 heterocycles. The summed E-state index contributed by atoms with van der Waals surface area (Å²) in [4.78, 5) is 12.5. The fraction of sp³-hybridized carbons (Fsp3) is 0.348. The maximum absolute atomic E-state index is 12.5. The molecule has 5 nitrogen and oxygen atoms in total. The van der Waals surface area contributed by atoms with Crippen LogP contribution in [0.5, 0.6) is 17.2 Å². The second kappa shape index (κ2) is 10.4. The van der Waals surface area contributed by atoms with Crippen molar-refractivity contribution in [1.82, 2.24) is 5.32 Å². The van der Waals surface area contributed by atoms with Crippen LogP contribution in [0.25, 0.3) is 6.08 Å². The van der Waals surface area contributed by atoms with E-state index in [1.54, 1.807) is 14.2 Å². The summed E-state index contributed by atoms with van der Waals surface area (Å²) in [5.41, 5.74) is 2.04. The number of methoxy groups -OCH3 is 2. The van der Waals surface area contributed by atoms with Gasteiger partial charge in [0.15, 0.2) is 18.1 Å². The molecule has 1 N–H and O–H groups in total. The Labute approximate surface area is 167 Å². The SMILES string of the molecule is C/C=C/c1ccc(OCC(=O)N[C@@H](c2ccc(OC)cc2)C(C)C)c(OC)c1. The van der Waals surface area contributed by atoms with Gasteiger partial charge in [-0.1, -0.05) is 44.2 Å². The molecule has 2 aromatic rings. The highest BCUT2D eigenvalue weighted by atomic mass is 16.5. The standard InChI is InChI=1S/C23H29NO4/c1-6-7-17-8-13-20(21(14-17)27-5)28-15-22(25)24-23(16(2)3)18-9-11-19(26-4)12-10-18/h6-14,16,23H,15H2,1-5H3,(H,24,25)/b7-6+/t23-/m1/s1. The van der Waals surface area contributed by atoms with Gasteiger partial charge in [-0.3, -0.25) is 4.79 Å². The summed E-state index contributed by atoms with van der Waals surface area (Å²) in [7, 11) is 3.22. The van der Waals surface area contributed by atoms with E-state index >= 15 is 0 Å². The molecule has 28 heavy (non-hydrogen) atoms. The molecule has 2 rings (SSSR count). The molecule has 1 amide bonds. The molecule has 0 unspecified atom stereocenters. The molecular formula is C23H29NO4. The molecule has 150 valence electrons. The number of ether oxygens (including phenoxy) is 3. The fourth-order valence-electron chi connectivity index (χ4n) is 2.90. The Morgan fingerprint density at radius 1 is 1.04 bits per heavy atom. The summed E-state index contributed by atoms with van der Waals surface area (Å²) in [6.07, 6.45) is 3.93. The van der Waals surface area contributed by atoms with Gasteiger partial charge in [0.25, 0.3) is 5.91 Å². The predicted molar refractivity (Wildman–Crippen MR) is 112 cm³/mol. The molecular weight excluding hydrogens is 354 g/mol. The number of benzene rings is 2. The number of allylic oxidation sites excluding steroid dienone is 1. The number of carbonyl (C=O) groups is 1. The number of nitrogens with one attached hydrogen (secondary N) is 1. The van der Waals surface area contributed by atoms with Gasteiger partial charge in [0, 0.05) is 0 Å². The van der Waals surface area contributed by atoms with E-state index < -0.39 is 0 Å². The van der Waals surface area contributed by atoms with E-state index in [4.69, 9.17) is 14.2 Å². The van der Waals surface area contributed by atoms with Crippen LogP contribution in [0.15, 0.2) is 48.5 Å². The minimum Gasteiger partial charge on any atom is -0.497 e. The van der Waals surface area contributed by atoms with Crippen LogP contribution in [-0.4, -0.2) is 26.7 Å². The average molecular weight is 383 g/mol. The summed E-state index contributed by atoms with van der Waals surface area (Å²) >= 11 is 0. The lowest BCUT2D eigenvalue weighted by Crippen LogP contribution is -2.35. The van der Waals surface area contributed by atoms with Crippen molar-refractivity contribution in [2.75, 3.05) is 20.8 Å². The van der Waals surface area contributed by atoms with Crippen molar-refractivity contribution in [2.24, 2.45) is 5.92 Å². The van der Waals surface area contributed by atoms with Crippen LogP contribution in [0.2, 0.25) is 0 Å². The maximum Gasteiger partial charge on any atom is 0.258 e. The first kappa shape index (κ1) is 21.4. The van der Waals surface area contributed by atoms with E-state index in [1.807, 2.05) is 61.5 Å². The third kappa shape index (κ3) is 5.78. The molecule has 1 atom stereocenters. The van der Waals surface area contributed by atoms with E-state index in [1.165, 1.54) is 0 Å². The van der Waals surface area contributed by atoms with Gasteiger partial charge in [-0.25, -0.2) is 0 Å². The summed E-state index contributed by atoms with van der Waals surface area (Å²) in [5.74, 6) is 1.96. The molecule has 0 aliphatic rings. The summed E-state index contributed by atoms with van der Waals surface area (Å²) in [5, 5.41) is 3.05. The number of rotatable bonds is 9. The van der Waals surface area contributed by atoms with Crippen LogP contribution in [0.3, 0.4) is 0 Å². The van der Waals surface area contributed by atoms with Crippen molar-refractivity contribution in [2.45, 2.75) is 26.8 Å². The van der Waals surface area contributed by atoms with Gasteiger partial charge in [0.05, 0.1) is 20.3 Å². The quantitative estimate of drug-likeness (QED) is 0.686. The van der Waals surface area contributed by atoms with Crippen LogP contribution < -0.4 is 19.5 Å². The molecule has 0 fully saturated rings. The van der Waals surface area contributed by atoms with E-state index in [9.17, 15) is 4.79 Å². The van der Waals surface area contributed by atoms with Gasteiger partial charge in [0.1, 0.15) is 5.75 Å². The molecule has 0 saturated carbocycles. The van der Waals surface area contributed by atoms with Crippen molar-refractivity contribution in [1.29, 1.82) is 0 Å². The van der Waals surface area contributed by atoms with Gasteiger partial charge < -0.3 is 19.5 Å². The Morgan fingerprint density at radius 2 is 1.75 bits per heavy atom. The van der Waals surface area contributed by atoms with Crippen LogP contribution in [-0.2, 0) is 4.79 Å². The van der Waals surface area contributed by atoms with Crippen molar-refractivity contribution < 1.29 is 19.0 Å². The third-order valence-corrected chi connectivity index (χ3v) is 4.36. The maximum atomic E-state index is 12.5. The fourth-order valence-corrected chi connectivity index (χ4v) is 2.90. The number of hydrogen-bond acceptors (Lipinski definition) is 4. The molecule has 0 aliphatic heterocycles. The number of hydrogen-bond donors (Lipinski definition) is 1. The number of carbonyl (C=O) groups excluding carboxylic acids is 1. The minimum absolute atomic E-state index is 0.0846. The molecule has 2 aromatic carbocycles. The molecule has 0 bridgehead atoms.